The number of rotatable bonds is 6. The molecular formula is C24H25N3O3. The number of nitrogens with zero attached hydrogens (tertiary/aromatic N) is 3. The van der Waals surface area contributed by atoms with E-state index in [4.69, 9.17) is 4.74 Å². The van der Waals surface area contributed by atoms with Gasteiger partial charge in [0, 0.05) is 18.8 Å². The van der Waals surface area contributed by atoms with Gasteiger partial charge in [-0.05, 0) is 50.5 Å². The zero-order valence-corrected chi connectivity index (χ0v) is 17.0. The Hall–Kier alpha value is -3.41. The van der Waals surface area contributed by atoms with Crippen LogP contribution in [-0.4, -0.2) is 45.6 Å². The molecule has 1 saturated heterocycles. The fourth-order valence-electron chi connectivity index (χ4n) is 3.79. The summed E-state index contributed by atoms with van der Waals surface area (Å²) in [6.45, 7) is 2.76. The van der Waals surface area contributed by atoms with Crippen molar-refractivity contribution in [1.29, 1.82) is 0 Å². The molecule has 1 atom stereocenters. The van der Waals surface area contributed by atoms with E-state index in [2.05, 4.69) is 12.0 Å². The maximum absolute atomic E-state index is 13.1. The van der Waals surface area contributed by atoms with Gasteiger partial charge in [-0.25, -0.2) is 4.68 Å². The van der Waals surface area contributed by atoms with Crippen molar-refractivity contribution in [1.82, 2.24) is 14.7 Å². The highest BCUT2D eigenvalue weighted by Gasteiger charge is 2.24. The summed E-state index contributed by atoms with van der Waals surface area (Å²) < 4.78 is 7.46. The molecule has 0 aliphatic carbocycles. The maximum Gasteiger partial charge on any atom is 0.260 e. The Kier molecular flexibility index (Phi) is 5.93. The average Bonchev–Trinajstić information content (AvgIpc) is 3.28. The molecule has 0 N–H and O–H groups in total. The van der Waals surface area contributed by atoms with Gasteiger partial charge in [0.1, 0.15) is 5.75 Å². The third kappa shape index (κ3) is 4.27. The molecule has 1 aromatic heterocycles. The van der Waals surface area contributed by atoms with Gasteiger partial charge in [0.15, 0.2) is 12.4 Å². The molecular weight excluding hydrogens is 378 g/mol. The maximum atomic E-state index is 13.1. The number of benzene rings is 2. The molecule has 2 heterocycles. The van der Waals surface area contributed by atoms with Gasteiger partial charge in [-0.3, -0.25) is 9.59 Å². The summed E-state index contributed by atoms with van der Waals surface area (Å²) >= 11 is 0. The van der Waals surface area contributed by atoms with E-state index in [1.807, 2.05) is 35.2 Å². The minimum Gasteiger partial charge on any atom is -0.483 e. The predicted molar refractivity (Wildman–Crippen MR) is 114 cm³/mol. The van der Waals surface area contributed by atoms with E-state index in [1.54, 1.807) is 41.3 Å². The molecule has 154 valence electrons. The van der Waals surface area contributed by atoms with Gasteiger partial charge in [0.05, 0.1) is 23.0 Å². The van der Waals surface area contributed by atoms with E-state index in [9.17, 15) is 9.59 Å². The Morgan fingerprint density at radius 1 is 1.07 bits per heavy atom. The van der Waals surface area contributed by atoms with Crippen LogP contribution in [0.25, 0.3) is 5.69 Å². The third-order valence-corrected chi connectivity index (χ3v) is 5.47. The van der Waals surface area contributed by atoms with Gasteiger partial charge in [-0.2, -0.15) is 5.10 Å². The van der Waals surface area contributed by atoms with Crippen LogP contribution in [0.3, 0.4) is 0 Å². The molecule has 30 heavy (non-hydrogen) atoms. The van der Waals surface area contributed by atoms with Gasteiger partial charge >= 0.3 is 0 Å². The van der Waals surface area contributed by atoms with Gasteiger partial charge in [-0.15, -0.1) is 0 Å². The van der Waals surface area contributed by atoms with Gasteiger partial charge < -0.3 is 9.64 Å². The molecule has 6 nitrogen and oxygen atoms in total. The number of ether oxygens (including phenoxy) is 1. The van der Waals surface area contributed by atoms with Crippen LogP contribution in [0.5, 0.6) is 5.75 Å². The Bertz CT molecular complexity index is 1030. The number of piperidine rings is 1. The first-order chi connectivity index (χ1) is 14.6. The Labute approximate surface area is 176 Å². The molecule has 0 radical (unpaired) electrons. The number of para-hydroxylation sites is 2. The number of carbonyl (C=O) groups is 2. The lowest BCUT2D eigenvalue weighted by Gasteiger charge is -2.33. The molecule has 1 aliphatic heterocycles. The smallest absolute Gasteiger partial charge is 0.260 e. The van der Waals surface area contributed by atoms with Crippen LogP contribution in [0.4, 0.5) is 0 Å². The Morgan fingerprint density at radius 3 is 2.63 bits per heavy atom. The number of amides is 1. The van der Waals surface area contributed by atoms with E-state index in [1.165, 1.54) is 0 Å². The second kappa shape index (κ2) is 8.95. The number of likely N-dealkylation sites (tertiary alicyclic amines) is 1. The van der Waals surface area contributed by atoms with Crippen LogP contribution < -0.4 is 4.74 Å². The van der Waals surface area contributed by atoms with Crippen molar-refractivity contribution in [2.24, 2.45) is 0 Å². The number of ketones is 1. The van der Waals surface area contributed by atoms with E-state index >= 15 is 0 Å². The number of carbonyl (C=O) groups excluding carboxylic acids is 2. The highest BCUT2D eigenvalue weighted by atomic mass is 16.5. The number of hydrogen-bond donors (Lipinski definition) is 0. The molecule has 1 amide bonds. The zero-order valence-electron chi connectivity index (χ0n) is 17.0. The van der Waals surface area contributed by atoms with E-state index in [0.29, 0.717) is 16.9 Å². The molecule has 2 aromatic carbocycles. The van der Waals surface area contributed by atoms with Crippen LogP contribution >= 0.6 is 0 Å². The lowest BCUT2D eigenvalue weighted by Crippen LogP contribution is -2.44. The van der Waals surface area contributed by atoms with Gasteiger partial charge in [0.2, 0.25) is 0 Å². The highest BCUT2D eigenvalue weighted by Crippen LogP contribution is 2.23. The molecule has 0 bridgehead atoms. The van der Waals surface area contributed by atoms with Crippen molar-refractivity contribution in [3.8, 4) is 11.4 Å². The average molecular weight is 403 g/mol. The van der Waals surface area contributed by atoms with E-state index in [-0.39, 0.29) is 24.3 Å². The summed E-state index contributed by atoms with van der Waals surface area (Å²) in [7, 11) is 0. The van der Waals surface area contributed by atoms with Crippen molar-refractivity contribution < 1.29 is 14.3 Å². The second-order valence-electron chi connectivity index (χ2n) is 7.56. The largest absolute Gasteiger partial charge is 0.483 e. The number of hydrogen-bond acceptors (Lipinski definition) is 4. The van der Waals surface area contributed by atoms with Gasteiger partial charge in [0.25, 0.3) is 5.91 Å². The summed E-state index contributed by atoms with van der Waals surface area (Å²) in [5.41, 5.74) is 1.76. The zero-order chi connectivity index (χ0) is 20.9. The summed E-state index contributed by atoms with van der Waals surface area (Å²) in [4.78, 5) is 27.6. The minimum absolute atomic E-state index is 0.0404. The molecule has 0 unspecified atom stereocenters. The molecule has 1 aliphatic rings. The van der Waals surface area contributed by atoms with Crippen molar-refractivity contribution in [3.05, 3.63) is 78.1 Å². The molecule has 4 rings (SSSR count). The topological polar surface area (TPSA) is 64.4 Å². The van der Waals surface area contributed by atoms with Crippen LogP contribution in [0, 0.1) is 0 Å². The standard InChI is InChI=1S/C24H25N3O3/c1-18-9-7-8-14-26(18)23(28)17-30-22-13-6-5-12-21(22)24(29)19-15-25-27(16-19)20-10-3-2-4-11-20/h2-6,10-13,15-16,18H,7-9,14,17H2,1H3/t18-/m0/s1. The molecule has 0 spiro atoms. The van der Waals surface area contributed by atoms with Crippen molar-refractivity contribution in [3.63, 3.8) is 0 Å². The first-order valence-electron chi connectivity index (χ1n) is 10.3. The van der Waals surface area contributed by atoms with E-state index < -0.39 is 0 Å². The Morgan fingerprint density at radius 2 is 1.83 bits per heavy atom. The third-order valence-electron chi connectivity index (χ3n) is 5.47. The lowest BCUT2D eigenvalue weighted by atomic mass is 10.0. The summed E-state index contributed by atoms with van der Waals surface area (Å²) in [5.74, 6) is 0.181. The van der Waals surface area contributed by atoms with E-state index in [0.717, 1.165) is 31.5 Å². The minimum atomic E-state index is -0.188. The second-order valence-corrected chi connectivity index (χ2v) is 7.56. The summed E-state index contributed by atoms with van der Waals surface area (Å²) in [6, 6.07) is 16.9. The van der Waals surface area contributed by atoms with Crippen LogP contribution in [0.1, 0.15) is 42.1 Å². The molecule has 0 saturated carbocycles. The fraction of sp³-hybridized carbons (Fsp3) is 0.292. The monoisotopic (exact) mass is 403 g/mol. The van der Waals surface area contributed by atoms with Crippen LogP contribution in [0.2, 0.25) is 0 Å². The molecule has 1 fully saturated rings. The highest BCUT2D eigenvalue weighted by molar-refractivity contribution is 6.10. The predicted octanol–water partition coefficient (Wildman–Crippen LogP) is 3.88. The first kappa shape index (κ1) is 19.9. The fourth-order valence-corrected chi connectivity index (χ4v) is 3.79. The van der Waals surface area contributed by atoms with Crippen LogP contribution in [-0.2, 0) is 4.79 Å². The Balaban J connectivity index is 1.48. The molecule has 6 heteroatoms. The van der Waals surface area contributed by atoms with Crippen molar-refractivity contribution in [2.45, 2.75) is 32.2 Å². The number of aromatic nitrogens is 2. The summed E-state index contributed by atoms with van der Waals surface area (Å²) in [5, 5.41) is 4.30. The van der Waals surface area contributed by atoms with Gasteiger partial charge in [-0.1, -0.05) is 30.3 Å². The lowest BCUT2D eigenvalue weighted by molar-refractivity contribution is -0.136. The normalized spacial score (nSPS) is 16.3. The van der Waals surface area contributed by atoms with Crippen molar-refractivity contribution >= 4 is 11.7 Å². The first-order valence-corrected chi connectivity index (χ1v) is 10.3. The summed E-state index contributed by atoms with van der Waals surface area (Å²) in [6.07, 6.45) is 6.45. The quantitative estimate of drug-likeness (QED) is 0.586. The van der Waals surface area contributed by atoms with Crippen LogP contribution in [0.15, 0.2) is 67.0 Å². The van der Waals surface area contributed by atoms with Crippen molar-refractivity contribution in [2.75, 3.05) is 13.2 Å². The molecule has 3 aromatic rings. The SMILES string of the molecule is C[C@H]1CCCCN1C(=O)COc1ccccc1C(=O)c1cnn(-c2ccccc2)c1.